The zero-order valence-corrected chi connectivity index (χ0v) is 17.3. The smallest absolute Gasteiger partial charge is 0.216 e. The largest absolute Gasteiger partial charge is 0.342 e. The summed E-state index contributed by atoms with van der Waals surface area (Å²) in [5.41, 5.74) is 4.03. The van der Waals surface area contributed by atoms with Crippen molar-refractivity contribution in [3.05, 3.63) is 107 Å². The van der Waals surface area contributed by atoms with E-state index in [4.69, 9.17) is 0 Å². The standard InChI is InChI=1S/C25H20N2O2S/c1-19-8-7-9-20(14-19)17-27-18-21(24-12-5-6-13-25(24)27)15-23(16-26)30(28,29)22-10-3-2-4-11-22/h2-15,18H,17H2,1H3. The van der Waals surface area contributed by atoms with Crippen molar-refractivity contribution in [2.24, 2.45) is 0 Å². The second kappa shape index (κ2) is 8.02. The third-order valence-corrected chi connectivity index (χ3v) is 6.68. The molecule has 30 heavy (non-hydrogen) atoms. The lowest BCUT2D eigenvalue weighted by Crippen LogP contribution is -2.03. The Hall–Kier alpha value is -3.62. The molecular weight excluding hydrogens is 392 g/mol. The van der Waals surface area contributed by atoms with E-state index in [0.717, 1.165) is 16.5 Å². The predicted molar refractivity (Wildman–Crippen MR) is 119 cm³/mol. The van der Waals surface area contributed by atoms with Gasteiger partial charge >= 0.3 is 0 Å². The lowest BCUT2D eigenvalue weighted by Gasteiger charge is -2.06. The average molecular weight is 413 g/mol. The van der Waals surface area contributed by atoms with E-state index in [2.05, 4.69) is 29.7 Å². The minimum absolute atomic E-state index is 0.112. The molecule has 4 aromatic rings. The summed E-state index contributed by atoms with van der Waals surface area (Å²) in [4.78, 5) is -0.159. The van der Waals surface area contributed by atoms with E-state index in [1.807, 2.05) is 42.6 Å². The number of para-hydroxylation sites is 1. The third-order valence-electron chi connectivity index (χ3n) is 4.99. The fraction of sp³-hybridized carbons (Fsp3) is 0.0800. The SMILES string of the molecule is Cc1cccc(Cn2cc(C=C(C#N)S(=O)(=O)c3ccccc3)c3ccccc32)c1. The van der Waals surface area contributed by atoms with E-state index in [-0.39, 0.29) is 9.80 Å². The van der Waals surface area contributed by atoms with Gasteiger partial charge in [-0.05, 0) is 36.8 Å². The minimum Gasteiger partial charge on any atom is -0.342 e. The summed E-state index contributed by atoms with van der Waals surface area (Å²) >= 11 is 0. The second-order valence-corrected chi connectivity index (χ2v) is 9.07. The fourth-order valence-electron chi connectivity index (χ4n) is 3.57. The molecule has 3 aromatic carbocycles. The molecule has 1 heterocycles. The van der Waals surface area contributed by atoms with Crippen LogP contribution >= 0.6 is 0 Å². The highest BCUT2D eigenvalue weighted by molar-refractivity contribution is 7.95. The first-order valence-electron chi connectivity index (χ1n) is 9.54. The van der Waals surface area contributed by atoms with Gasteiger partial charge in [-0.1, -0.05) is 66.2 Å². The number of benzene rings is 3. The first-order valence-corrected chi connectivity index (χ1v) is 11.0. The number of hydrogen-bond donors (Lipinski definition) is 0. The molecule has 148 valence electrons. The maximum absolute atomic E-state index is 12.9. The van der Waals surface area contributed by atoms with Gasteiger partial charge in [-0.15, -0.1) is 0 Å². The van der Waals surface area contributed by atoms with Gasteiger partial charge in [0.1, 0.15) is 11.0 Å². The van der Waals surface area contributed by atoms with Crippen LogP contribution in [0.5, 0.6) is 0 Å². The first-order chi connectivity index (χ1) is 14.5. The Labute approximate surface area is 176 Å². The molecule has 0 unspecified atom stereocenters. The molecule has 0 saturated carbocycles. The van der Waals surface area contributed by atoms with E-state index in [1.54, 1.807) is 18.2 Å². The molecule has 0 aliphatic rings. The summed E-state index contributed by atoms with van der Waals surface area (Å²) in [6.45, 7) is 2.71. The minimum atomic E-state index is -3.88. The molecule has 0 atom stereocenters. The summed E-state index contributed by atoms with van der Waals surface area (Å²) in [5, 5.41) is 10.5. The number of rotatable bonds is 5. The quantitative estimate of drug-likeness (QED) is 0.416. The van der Waals surface area contributed by atoms with Crippen molar-refractivity contribution in [2.75, 3.05) is 0 Å². The number of sulfone groups is 1. The number of aromatic nitrogens is 1. The Morgan fingerprint density at radius 3 is 2.47 bits per heavy atom. The van der Waals surface area contributed by atoms with Crippen LogP contribution in [0, 0.1) is 18.3 Å². The fourth-order valence-corrected chi connectivity index (χ4v) is 4.74. The zero-order valence-electron chi connectivity index (χ0n) is 16.5. The third kappa shape index (κ3) is 3.78. The van der Waals surface area contributed by atoms with Crippen molar-refractivity contribution < 1.29 is 8.42 Å². The van der Waals surface area contributed by atoms with Crippen molar-refractivity contribution in [3.63, 3.8) is 0 Å². The van der Waals surface area contributed by atoms with Gasteiger partial charge < -0.3 is 4.57 Å². The van der Waals surface area contributed by atoms with E-state index in [1.165, 1.54) is 23.8 Å². The Morgan fingerprint density at radius 1 is 1.00 bits per heavy atom. The first kappa shape index (κ1) is 19.7. The van der Waals surface area contributed by atoms with Crippen molar-refractivity contribution in [1.82, 2.24) is 4.57 Å². The second-order valence-electron chi connectivity index (χ2n) is 7.16. The Balaban J connectivity index is 1.82. The molecule has 0 N–H and O–H groups in total. The predicted octanol–water partition coefficient (Wildman–Crippen LogP) is 5.34. The van der Waals surface area contributed by atoms with Gasteiger partial charge in [-0.25, -0.2) is 8.42 Å². The lowest BCUT2D eigenvalue weighted by molar-refractivity contribution is 0.603. The maximum atomic E-state index is 12.9. The van der Waals surface area contributed by atoms with Crippen LogP contribution in [0.4, 0.5) is 0 Å². The van der Waals surface area contributed by atoms with Crippen molar-refractivity contribution in [3.8, 4) is 6.07 Å². The molecular formula is C25H20N2O2S. The van der Waals surface area contributed by atoms with Crippen molar-refractivity contribution in [2.45, 2.75) is 18.4 Å². The molecule has 0 radical (unpaired) electrons. The van der Waals surface area contributed by atoms with E-state index < -0.39 is 9.84 Å². The van der Waals surface area contributed by atoms with Crippen LogP contribution in [0.15, 0.2) is 94.9 Å². The van der Waals surface area contributed by atoms with E-state index in [9.17, 15) is 13.7 Å². The molecule has 4 nitrogen and oxygen atoms in total. The number of fused-ring (bicyclic) bond motifs is 1. The number of hydrogen-bond acceptors (Lipinski definition) is 3. The number of aryl methyl sites for hydroxylation is 1. The van der Waals surface area contributed by atoms with Crippen LogP contribution in [-0.2, 0) is 16.4 Å². The molecule has 0 aliphatic carbocycles. The monoisotopic (exact) mass is 412 g/mol. The van der Waals surface area contributed by atoms with Gasteiger partial charge in [0.05, 0.1) is 4.90 Å². The van der Waals surface area contributed by atoms with Crippen LogP contribution in [0.25, 0.3) is 17.0 Å². The summed E-state index contributed by atoms with van der Waals surface area (Å²) in [6.07, 6.45) is 3.38. The maximum Gasteiger partial charge on any atom is 0.216 e. The highest BCUT2D eigenvalue weighted by atomic mass is 32.2. The van der Waals surface area contributed by atoms with Crippen LogP contribution in [0.1, 0.15) is 16.7 Å². The van der Waals surface area contributed by atoms with Crippen LogP contribution in [0.3, 0.4) is 0 Å². The molecule has 0 bridgehead atoms. The number of nitriles is 1. The molecule has 4 rings (SSSR count). The van der Waals surface area contributed by atoms with Crippen LogP contribution in [-0.4, -0.2) is 13.0 Å². The zero-order chi connectivity index (χ0) is 21.1. The van der Waals surface area contributed by atoms with Gasteiger partial charge in [-0.3, -0.25) is 0 Å². The van der Waals surface area contributed by atoms with Gasteiger partial charge in [0.25, 0.3) is 0 Å². The Bertz CT molecular complexity index is 1390. The van der Waals surface area contributed by atoms with Crippen LogP contribution < -0.4 is 0 Å². The van der Waals surface area contributed by atoms with Gasteiger partial charge in [-0.2, -0.15) is 5.26 Å². The Kier molecular flexibility index (Phi) is 5.26. The molecule has 0 saturated heterocycles. The molecule has 0 fully saturated rings. The van der Waals surface area contributed by atoms with Crippen molar-refractivity contribution >= 4 is 26.8 Å². The van der Waals surface area contributed by atoms with Crippen molar-refractivity contribution in [1.29, 1.82) is 5.26 Å². The highest BCUT2D eigenvalue weighted by Gasteiger charge is 2.21. The van der Waals surface area contributed by atoms with Crippen LogP contribution in [0.2, 0.25) is 0 Å². The Morgan fingerprint density at radius 2 is 1.73 bits per heavy atom. The van der Waals surface area contributed by atoms with Gasteiger partial charge in [0.15, 0.2) is 0 Å². The number of allylic oxidation sites excluding steroid dienone is 1. The normalized spacial score (nSPS) is 12.1. The highest BCUT2D eigenvalue weighted by Crippen LogP contribution is 2.27. The lowest BCUT2D eigenvalue weighted by atomic mass is 10.1. The summed E-state index contributed by atoms with van der Waals surface area (Å²) in [7, 11) is -3.88. The molecule has 1 aromatic heterocycles. The summed E-state index contributed by atoms with van der Waals surface area (Å²) in [5.74, 6) is 0. The molecule has 0 amide bonds. The molecule has 0 spiro atoms. The topological polar surface area (TPSA) is 62.9 Å². The number of nitrogens with zero attached hydrogens (tertiary/aromatic N) is 2. The molecule has 0 aliphatic heterocycles. The van der Waals surface area contributed by atoms with Gasteiger partial charge in [0, 0.05) is 29.2 Å². The van der Waals surface area contributed by atoms with E-state index >= 15 is 0 Å². The van der Waals surface area contributed by atoms with Gasteiger partial charge in [0.2, 0.25) is 9.84 Å². The summed E-state index contributed by atoms with van der Waals surface area (Å²) in [6, 6.07) is 26.0. The summed E-state index contributed by atoms with van der Waals surface area (Å²) < 4.78 is 28.0. The molecule has 5 heteroatoms. The average Bonchev–Trinajstić information content (AvgIpc) is 3.10. The van der Waals surface area contributed by atoms with E-state index in [0.29, 0.717) is 12.1 Å².